The van der Waals surface area contributed by atoms with E-state index in [0.717, 1.165) is 6.54 Å². The summed E-state index contributed by atoms with van der Waals surface area (Å²) in [5.41, 5.74) is 1.42. The first kappa shape index (κ1) is 16.6. The molecule has 0 saturated heterocycles. The van der Waals surface area contributed by atoms with E-state index in [9.17, 15) is 0 Å². The van der Waals surface area contributed by atoms with Gasteiger partial charge in [-0.1, -0.05) is 46.2 Å². The number of hydrogen-bond donors (Lipinski definition) is 1. The molecule has 0 aliphatic rings. The van der Waals surface area contributed by atoms with Gasteiger partial charge in [-0.25, -0.2) is 0 Å². The molecular weight excluding hydrogens is 250 g/mol. The maximum absolute atomic E-state index is 3.61. The summed E-state index contributed by atoms with van der Waals surface area (Å²) in [6.07, 6.45) is 2.52. The summed E-state index contributed by atoms with van der Waals surface area (Å²) in [6.45, 7) is 12.4. The molecule has 0 saturated carbocycles. The lowest BCUT2D eigenvalue weighted by molar-refractivity contribution is 0.511. The maximum Gasteiger partial charge on any atom is 0.0191 e. The van der Waals surface area contributed by atoms with Crippen molar-refractivity contribution in [3.05, 3.63) is 29.8 Å². The lowest BCUT2D eigenvalue weighted by atomic mass is 10.0. The number of hydrogen-bond acceptors (Lipinski definition) is 2. The summed E-state index contributed by atoms with van der Waals surface area (Å²) in [7, 11) is 0. The van der Waals surface area contributed by atoms with Crippen LogP contribution in [-0.4, -0.2) is 17.8 Å². The monoisotopic (exact) mass is 279 g/mol. The van der Waals surface area contributed by atoms with Gasteiger partial charge in [0.25, 0.3) is 0 Å². The molecule has 2 unspecified atom stereocenters. The van der Waals surface area contributed by atoms with E-state index in [4.69, 9.17) is 0 Å². The summed E-state index contributed by atoms with van der Waals surface area (Å²) in [4.78, 5) is 1.38. The molecule has 0 aliphatic carbocycles. The smallest absolute Gasteiger partial charge is 0.0191 e. The fraction of sp³-hybridized carbons (Fsp3) is 0.647. The molecule has 2 atom stereocenters. The number of nitrogens with one attached hydrogen (secondary N) is 1. The molecule has 0 bridgehead atoms. The van der Waals surface area contributed by atoms with Gasteiger partial charge >= 0.3 is 0 Å². The third kappa shape index (κ3) is 6.49. The van der Waals surface area contributed by atoms with Crippen LogP contribution in [0.25, 0.3) is 0 Å². The lowest BCUT2D eigenvalue weighted by Gasteiger charge is -2.17. The van der Waals surface area contributed by atoms with Crippen molar-refractivity contribution < 1.29 is 0 Å². The van der Waals surface area contributed by atoms with Crippen LogP contribution >= 0.6 is 11.8 Å². The molecule has 0 aromatic heterocycles. The van der Waals surface area contributed by atoms with E-state index in [0.29, 0.717) is 17.2 Å². The van der Waals surface area contributed by atoms with Crippen LogP contribution in [0.4, 0.5) is 0 Å². The topological polar surface area (TPSA) is 12.0 Å². The second-order valence-corrected chi connectivity index (χ2v) is 7.26. The van der Waals surface area contributed by atoms with E-state index in [-0.39, 0.29) is 0 Å². The third-order valence-corrected chi connectivity index (χ3v) is 4.47. The van der Waals surface area contributed by atoms with Crippen molar-refractivity contribution in [3.8, 4) is 0 Å². The quantitative estimate of drug-likeness (QED) is 0.667. The van der Waals surface area contributed by atoms with E-state index < -0.39 is 0 Å². The van der Waals surface area contributed by atoms with E-state index in [1.165, 1.54) is 23.3 Å². The Morgan fingerprint density at radius 2 is 1.68 bits per heavy atom. The number of benzene rings is 1. The first-order chi connectivity index (χ1) is 9.02. The summed E-state index contributed by atoms with van der Waals surface area (Å²) < 4.78 is 0. The summed E-state index contributed by atoms with van der Waals surface area (Å²) in [6, 6.07) is 9.66. The van der Waals surface area contributed by atoms with Gasteiger partial charge in [0.05, 0.1) is 0 Å². The molecule has 1 N–H and O–H groups in total. The van der Waals surface area contributed by atoms with Crippen LogP contribution < -0.4 is 5.32 Å². The molecule has 0 spiro atoms. The summed E-state index contributed by atoms with van der Waals surface area (Å²) in [5.74, 6) is 0.619. The highest BCUT2D eigenvalue weighted by Crippen LogP contribution is 2.25. The largest absolute Gasteiger partial charge is 0.313 e. The molecule has 0 heterocycles. The Morgan fingerprint density at radius 3 is 2.21 bits per heavy atom. The van der Waals surface area contributed by atoms with Gasteiger partial charge in [0, 0.05) is 22.7 Å². The van der Waals surface area contributed by atoms with Crippen LogP contribution in [0.15, 0.2) is 29.2 Å². The Hall–Kier alpha value is -0.470. The normalized spacial score (nSPS) is 14.6. The van der Waals surface area contributed by atoms with E-state index in [1.807, 2.05) is 11.8 Å². The summed E-state index contributed by atoms with van der Waals surface area (Å²) in [5, 5.41) is 4.23. The average Bonchev–Trinajstić information content (AvgIpc) is 2.37. The van der Waals surface area contributed by atoms with Crippen LogP contribution in [0.1, 0.15) is 58.9 Å². The Morgan fingerprint density at radius 1 is 1.05 bits per heavy atom. The Labute approximate surface area is 123 Å². The van der Waals surface area contributed by atoms with E-state index >= 15 is 0 Å². The van der Waals surface area contributed by atoms with Crippen molar-refractivity contribution in [2.75, 3.05) is 6.54 Å². The molecule has 108 valence electrons. The fourth-order valence-corrected chi connectivity index (χ4v) is 3.04. The van der Waals surface area contributed by atoms with Crippen molar-refractivity contribution in [2.45, 2.75) is 69.6 Å². The Balaban J connectivity index is 2.37. The molecule has 0 aliphatic heterocycles. The lowest BCUT2D eigenvalue weighted by Crippen LogP contribution is -2.31. The highest BCUT2D eigenvalue weighted by atomic mass is 32.2. The predicted molar refractivity (Wildman–Crippen MR) is 88.2 cm³/mol. The molecule has 1 rings (SSSR count). The maximum atomic E-state index is 3.61. The van der Waals surface area contributed by atoms with Gasteiger partial charge in [0.15, 0.2) is 0 Å². The van der Waals surface area contributed by atoms with Crippen molar-refractivity contribution in [1.29, 1.82) is 0 Å². The van der Waals surface area contributed by atoms with Gasteiger partial charge in [-0.3, -0.25) is 0 Å². The summed E-state index contributed by atoms with van der Waals surface area (Å²) >= 11 is 1.96. The fourth-order valence-electron chi connectivity index (χ4n) is 2.11. The first-order valence-corrected chi connectivity index (χ1v) is 8.40. The van der Waals surface area contributed by atoms with E-state index in [1.54, 1.807) is 0 Å². The third-order valence-electron chi connectivity index (χ3n) is 3.36. The van der Waals surface area contributed by atoms with Gasteiger partial charge in [-0.15, -0.1) is 11.8 Å². The average molecular weight is 279 g/mol. The Kier molecular flexibility index (Phi) is 7.55. The van der Waals surface area contributed by atoms with Crippen molar-refractivity contribution in [3.63, 3.8) is 0 Å². The zero-order valence-corrected chi connectivity index (χ0v) is 13.9. The minimum Gasteiger partial charge on any atom is -0.313 e. The molecule has 19 heavy (non-hydrogen) atoms. The van der Waals surface area contributed by atoms with Crippen LogP contribution in [0, 0.1) is 0 Å². The standard InChI is InChI=1S/C17H29NS/c1-6-7-14(4)18-12-15(5)19-17-10-8-16(9-11-17)13(2)3/h8-11,13-15,18H,6-7,12H2,1-5H3. The second kappa shape index (κ2) is 8.65. The highest BCUT2D eigenvalue weighted by molar-refractivity contribution is 8.00. The van der Waals surface area contributed by atoms with Gasteiger partial charge in [-0.05, 0) is 37.0 Å². The second-order valence-electron chi connectivity index (χ2n) is 5.75. The van der Waals surface area contributed by atoms with Gasteiger partial charge in [0.2, 0.25) is 0 Å². The van der Waals surface area contributed by atoms with Crippen LogP contribution in [0.3, 0.4) is 0 Å². The van der Waals surface area contributed by atoms with Crippen LogP contribution in [0.2, 0.25) is 0 Å². The van der Waals surface area contributed by atoms with Crippen molar-refractivity contribution >= 4 is 11.8 Å². The van der Waals surface area contributed by atoms with Crippen LogP contribution in [-0.2, 0) is 0 Å². The number of rotatable bonds is 8. The van der Waals surface area contributed by atoms with Gasteiger partial charge < -0.3 is 5.32 Å². The predicted octanol–water partition coefficient (Wildman–Crippen LogP) is 5.07. The van der Waals surface area contributed by atoms with Crippen molar-refractivity contribution in [1.82, 2.24) is 5.32 Å². The SMILES string of the molecule is CCCC(C)NCC(C)Sc1ccc(C(C)C)cc1. The zero-order valence-electron chi connectivity index (χ0n) is 13.1. The molecule has 1 nitrogen and oxygen atoms in total. The van der Waals surface area contributed by atoms with E-state index in [2.05, 4.69) is 64.2 Å². The molecule has 2 heteroatoms. The van der Waals surface area contributed by atoms with Gasteiger partial charge in [-0.2, -0.15) is 0 Å². The molecule has 1 aromatic rings. The van der Waals surface area contributed by atoms with Crippen molar-refractivity contribution in [2.24, 2.45) is 0 Å². The molecule has 0 amide bonds. The first-order valence-electron chi connectivity index (χ1n) is 7.53. The van der Waals surface area contributed by atoms with Crippen LogP contribution in [0.5, 0.6) is 0 Å². The highest BCUT2D eigenvalue weighted by Gasteiger charge is 2.07. The molecule has 0 fully saturated rings. The minimum atomic E-state index is 0.615. The van der Waals surface area contributed by atoms with Gasteiger partial charge in [0.1, 0.15) is 0 Å². The molecule has 0 radical (unpaired) electrons. The zero-order chi connectivity index (χ0) is 14.3. The molecule has 1 aromatic carbocycles. The Bertz CT molecular complexity index is 345. The molecular formula is C17H29NS. The number of thioether (sulfide) groups is 1. The minimum absolute atomic E-state index is 0.615.